The molecule has 2 amide bonds. The lowest BCUT2D eigenvalue weighted by molar-refractivity contribution is -0.130. The van der Waals surface area contributed by atoms with Crippen LogP contribution in [0.2, 0.25) is 0 Å². The maximum absolute atomic E-state index is 13.8. The average molecular weight is 557 g/mol. The summed E-state index contributed by atoms with van der Waals surface area (Å²) in [5, 5.41) is 2.99. The number of piperazine rings is 1. The predicted octanol–water partition coefficient (Wildman–Crippen LogP) is 1.38. The zero-order valence-corrected chi connectivity index (χ0v) is 22.9. The summed E-state index contributed by atoms with van der Waals surface area (Å²) in [7, 11) is -3.46. The smallest absolute Gasteiger partial charge is 0.258 e. The van der Waals surface area contributed by atoms with Crippen LogP contribution in [0.1, 0.15) is 35.2 Å². The first kappa shape index (κ1) is 27.6. The van der Waals surface area contributed by atoms with Crippen LogP contribution in [0, 0.1) is 0 Å². The number of sulfonamides is 1. The van der Waals surface area contributed by atoms with Gasteiger partial charge in [-0.3, -0.25) is 14.5 Å². The summed E-state index contributed by atoms with van der Waals surface area (Å²) >= 11 is 0. The molecule has 210 valence electrons. The molecule has 0 unspecified atom stereocenters. The molecule has 2 N–H and O–H groups in total. The normalized spacial score (nSPS) is 26.9. The fourth-order valence-electron chi connectivity index (χ4n) is 5.61. The lowest BCUT2D eigenvalue weighted by Crippen LogP contribution is -2.61. The molecule has 0 spiro atoms. The number of fused-ring (bicyclic) bond motifs is 4. The Labute approximate surface area is 229 Å². The summed E-state index contributed by atoms with van der Waals surface area (Å²) < 4.78 is 39.0. The maximum Gasteiger partial charge on any atom is 0.258 e. The van der Waals surface area contributed by atoms with E-state index in [1.165, 1.54) is 0 Å². The number of hydrogen-bond donors (Lipinski definition) is 2. The summed E-state index contributed by atoms with van der Waals surface area (Å²) in [5.41, 5.74) is 1.57. The van der Waals surface area contributed by atoms with Crippen molar-refractivity contribution < 1.29 is 27.5 Å². The van der Waals surface area contributed by atoms with E-state index in [1.807, 2.05) is 36.4 Å². The third kappa shape index (κ3) is 6.96. The first-order chi connectivity index (χ1) is 18.8. The van der Waals surface area contributed by atoms with Gasteiger partial charge in [0.1, 0.15) is 11.8 Å². The number of nitrogens with zero attached hydrogens (tertiary/aromatic N) is 2. The Kier molecular flexibility index (Phi) is 8.51. The highest BCUT2D eigenvalue weighted by molar-refractivity contribution is 7.88. The molecule has 10 nitrogen and oxygen atoms in total. The van der Waals surface area contributed by atoms with Gasteiger partial charge in [0.25, 0.3) is 5.91 Å². The van der Waals surface area contributed by atoms with Gasteiger partial charge < -0.3 is 19.7 Å². The highest BCUT2D eigenvalue weighted by atomic mass is 32.2. The van der Waals surface area contributed by atoms with Crippen molar-refractivity contribution in [1.29, 1.82) is 0 Å². The Balaban J connectivity index is 1.41. The molecule has 0 aliphatic carbocycles. The van der Waals surface area contributed by atoms with Gasteiger partial charge in [-0.25, -0.2) is 13.1 Å². The lowest BCUT2D eigenvalue weighted by Gasteiger charge is -2.41. The Hall–Kier alpha value is -2.99. The Bertz CT molecular complexity index is 1270. The molecule has 2 saturated heterocycles. The van der Waals surface area contributed by atoms with Crippen LogP contribution in [0.4, 0.5) is 0 Å². The molecule has 4 atom stereocenters. The van der Waals surface area contributed by atoms with E-state index in [4.69, 9.17) is 9.47 Å². The summed E-state index contributed by atoms with van der Waals surface area (Å²) in [5.74, 6) is -0.0509. The molecule has 0 radical (unpaired) electrons. The monoisotopic (exact) mass is 556 g/mol. The van der Waals surface area contributed by atoms with Crippen molar-refractivity contribution >= 4 is 21.8 Å². The minimum absolute atomic E-state index is 0.136. The minimum Gasteiger partial charge on any atom is -0.493 e. The van der Waals surface area contributed by atoms with E-state index in [9.17, 15) is 18.0 Å². The number of carbonyl (C=O) groups is 2. The number of ether oxygens (including phenoxy) is 2. The fourth-order valence-corrected chi connectivity index (χ4v) is 6.43. The number of amides is 2. The highest BCUT2D eigenvalue weighted by Gasteiger charge is 2.39. The van der Waals surface area contributed by atoms with Crippen LogP contribution in [-0.2, 0) is 26.1 Å². The minimum atomic E-state index is -3.46. The van der Waals surface area contributed by atoms with Gasteiger partial charge in [0.15, 0.2) is 0 Å². The Morgan fingerprint density at radius 1 is 1.00 bits per heavy atom. The second kappa shape index (κ2) is 12.0. The summed E-state index contributed by atoms with van der Waals surface area (Å²) in [6.07, 6.45) is 2.27. The SMILES string of the molecule is CS(=O)(=O)N[C@@H]1CC[C@H]2CCOc3ccccc3C(=O)N3CCN(Cc4ccccc4)C[C@H]3C(=O)NC[C@H]1O2. The van der Waals surface area contributed by atoms with Gasteiger partial charge in [0, 0.05) is 45.2 Å². The first-order valence-corrected chi connectivity index (χ1v) is 15.4. The first-order valence-electron chi connectivity index (χ1n) is 13.5. The van der Waals surface area contributed by atoms with Crippen LogP contribution >= 0.6 is 0 Å². The van der Waals surface area contributed by atoms with Crippen molar-refractivity contribution in [3.63, 3.8) is 0 Å². The summed E-state index contributed by atoms with van der Waals surface area (Å²) in [6.45, 7) is 2.54. The topological polar surface area (TPSA) is 117 Å². The Morgan fingerprint density at radius 3 is 2.56 bits per heavy atom. The molecule has 5 rings (SSSR count). The zero-order chi connectivity index (χ0) is 27.4. The van der Waals surface area contributed by atoms with Gasteiger partial charge >= 0.3 is 0 Å². The van der Waals surface area contributed by atoms with Gasteiger partial charge in [-0.1, -0.05) is 42.5 Å². The number of nitrogens with one attached hydrogen (secondary N) is 2. The molecule has 2 fully saturated rings. The van der Waals surface area contributed by atoms with Crippen LogP contribution in [0.25, 0.3) is 0 Å². The molecule has 3 aliphatic rings. The molecule has 3 heterocycles. The third-order valence-electron chi connectivity index (χ3n) is 7.55. The van der Waals surface area contributed by atoms with Crippen molar-refractivity contribution in [3.8, 4) is 5.75 Å². The number of hydrogen-bond acceptors (Lipinski definition) is 7. The molecule has 2 bridgehead atoms. The zero-order valence-electron chi connectivity index (χ0n) is 22.1. The van der Waals surface area contributed by atoms with Crippen molar-refractivity contribution in [2.75, 3.05) is 39.0 Å². The third-order valence-corrected chi connectivity index (χ3v) is 8.28. The molecule has 0 saturated carbocycles. The van der Waals surface area contributed by atoms with Crippen molar-refractivity contribution in [1.82, 2.24) is 19.8 Å². The van der Waals surface area contributed by atoms with Gasteiger partial charge in [-0.05, 0) is 30.5 Å². The molecule has 2 aromatic rings. The van der Waals surface area contributed by atoms with Gasteiger partial charge in [0.05, 0.1) is 30.6 Å². The molecule has 0 aromatic heterocycles. The van der Waals surface area contributed by atoms with Crippen molar-refractivity contribution in [3.05, 3.63) is 65.7 Å². The number of para-hydroxylation sites is 1. The highest BCUT2D eigenvalue weighted by Crippen LogP contribution is 2.26. The lowest BCUT2D eigenvalue weighted by atomic mass is 9.97. The summed E-state index contributed by atoms with van der Waals surface area (Å²) in [6, 6.07) is 16.0. The van der Waals surface area contributed by atoms with Gasteiger partial charge in [-0.15, -0.1) is 0 Å². The fraction of sp³-hybridized carbons (Fsp3) is 0.500. The van der Waals surface area contributed by atoms with E-state index in [1.54, 1.807) is 23.1 Å². The summed E-state index contributed by atoms with van der Waals surface area (Å²) in [4.78, 5) is 31.3. The largest absolute Gasteiger partial charge is 0.493 e. The molecule has 39 heavy (non-hydrogen) atoms. The molecule has 11 heteroatoms. The number of benzene rings is 2. The van der Waals surface area contributed by atoms with Crippen molar-refractivity contribution in [2.45, 2.75) is 50.1 Å². The quantitative estimate of drug-likeness (QED) is 0.584. The van der Waals surface area contributed by atoms with E-state index in [-0.39, 0.29) is 24.5 Å². The van der Waals surface area contributed by atoms with Gasteiger partial charge in [-0.2, -0.15) is 0 Å². The van der Waals surface area contributed by atoms with Crippen LogP contribution in [0.5, 0.6) is 5.75 Å². The number of carbonyl (C=O) groups excluding carboxylic acids is 2. The van der Waals surface area contributed by atoms with E-state index in [0.717, 1.165) is 11.8 Å². The van der Waals surface area contributed by atoms with E-state index >= 15 is 0 Å². The van der Waals surface area contributed by atoms with Gasteiger partial charge in [0.2, 0.25) is 15.9 Å². The van der Waals surface area contributed by atoms with E-state index in [2.05, 4.69) is 14.9 Å². The molecule has 2 aromatic carbocycles. The molecular weight excluding hydrogens is 520 g/mol. The van der Waals surface area contributed by atoms with Crippen LogP contribution < -0.4 is 14.8 Å². The second-order valence-corrected chi connectivity index (χ2v) is 12.3. The number of rotatable bonds is 4. The standard InChI is InChI=1S/C28H36N4O6S/c1-39(35,36)30-23-12-11-21-13-16-37-25-10-6-5-9-22(25)28(34)32-15-14-31(18-20-7-3-2-4-8-20)19-24(32)27(33)29-17-26(23)38-21/h2-10,21,23-24,26,30H,11-19H2,1H3,(H,29,33)/t21-,23+,24-,26+/m0/s1. The van der Waals surface area contributed by atoms with E-state index < -0.39 is 28.2 Å². The van der Waals surface area contributed by atoms with Crippen molar-refractivity contribution in [2.24, 2.45) is 0 Å². The average Bonchev–Trinajstić information content (AvgIpc) is 2.92. The van der Waals surface area contributed by atoms with Crippen LogP contribution in [0.3, 0.4) is 0 Å². The molecular formula is C28H36N4O6S. The maximum atomic E-state index is 13.8. The second-order valence-electron chi connectivity index (χ2n) is 10.5. The predicted molar refractivity (Wildman–Crippen MR) is 146 cm³/mol. The van der Waals surface area contributed by atoms with Crippen LogP contribution in [-0.4, -0.2) is 93.4 Å². The van der Waals surface area contributed by atoms with Crippen LogP contribution in [0.15, 0.2) is 54.6 Å². The van der Waals surface area contributed by atoms with E-state index in [0.29, 0.717) is 63.4 Å². The molecule has 3 aliphatic heterocycles. The Morgan fingerprint density at radius 2 is 1.77 bits per heavy atom.